The Morgan fingerprint density at radius 3 is 2.41 bits per heavy atom. The van der Waals surface area contributed by atoms with Crippen molar-refractivity contribution in [2.75, 3.05) is 58.4 Å². The normalized spacial score (nSPS) is 20.7. The van der Waals surface area contributed by atoms with Gasteiger partial charge in [0.1, 0.15) is 0 Å². The third kappa shape index (κ3) is 9.74. The second kappa shape index (κ2) is 15.7. The number of hydrogen-bond acceptors (Lipinski definition) is 10. The summed E-state index contributed by atoms with van der Waals surface area (Å²) in [6.45, 7) is 8.18. The maximum Gasteiger partial charge on any atom is 0.413 e. The Hall–Kier alpha value is -3.04. The number of likely N-dealkylation sites (N-methyl/N-ethyl adjacent to an activating group) is 1. The van der Waals surface area contributed by atoms with Crippen molar-refractivity contribution in [1.29, 1.82) is 0 Å². The molecule has 0 saturated carbocycles. The summed E-state index contributed by atoms with van der Waals surface area (Å²) in [5.41, 5.74) is 0.442. The molecular formula is C32H50N6O7S. The maximum absolute atomic E-state index is 13.2. The molecule has 2 unspecified atom stereocenters. The number of carbonyl (C=O) groups excluding carboxylic acids is 2. The van der Waals surface area contributed by atoms with Gasteiger partial charge in [0, 0.05) is 82.0 Å². The van der Waals surface area contributed by atoms with Crippen molar-refractivity contribution in [3.05, 3.63) is 40.7 Å². The van der Waals surface area contributed by atoms with E-state index in [2.05, 4.69) is 15.5 Å². The van der Waals surface area contributed by atoms with E-state index in [-0.39, 0.29) is 53.8 Å². The lowest BCUT2D eigenvalue weighted by Gasteiger charge is -2.40. The Bertz CT molecular complexity index is 1520. The fraction of sp³-hybridized carbons (Fsp3) is 0.656. The molecule has 2 aliphatic rings. The Morgan fingerprint density at radius 1 is 1.11 bits per heavy atom. The molecule has 4 atom stereocenters. The van der Waals surface area contributed by atoms with Gasteiger partial charge in [0.2, 0.25) is 5.91 Å². The van der Waals surface area contributed by atoms with Gasteiger partial charge < -0.3 is 34.8 Å². The van der Waals surface area contributed by atoms with Gasteiger partial charge in [-0.1, -0.05) is 18.2 Å². The Balaban J connectivity index is 1.26. The first-order valence-corrected chi connectivity index (χ1v) is 18.2. The molecule has 14 heteroatoms. The van der Waals surface area contributed by atoms with Crippen molar-refractivity contribution in [3.8, 4) is 5.75 Å². The number of aliphatic hydroxyl groups excluding tert-OH is 1. The molecule has 46 heavy (non-hydrogen) atoms. The van der Waals surface area contributed by atoms with Crippen LogP contribution in [0.4, 0.5) is 4.79 Å². The van der Waals surface area contributed by atoms with Gasteiger partial charge >= 0.3 is 6.09 Å². The number of fused-ring (bicyclic) bond motifs is 3. The number of hydrogen-bond donors (Lipinski definition) is 3. The molecule has 0 spiro atoms. The second-order valence-corrected chi connectivity index (χ2v) is 15.3. The number of rotatable bonds is 15. The van der Waals surface area contributed by atoms with E-state index in [0.717, 1.165) is 23.7 Å². The monoisotopic (exact) mass is 662 g/mol. The van der Waals surface area contributed by atoms with E-state index >= 15 is 0 Å². The minimum Gasteiger partial charge on any atom is -0.404 e. The number of pyridine rings is 1. The highest BCUT2D eigenvalue weighted by atomic mass is 32.2. The third-order valence-corrected chi connectivity index (χ3v) is 9.65. The van der Waals surface area contributed by atoms with Gasteiger partial charge in [0.05, 0.1) is 17.5 Å². The van der Waals surface area contributed by atoms with E-state index in [1.807, 2.05) is 50.1 Å². The number of carbonyl (C=O) groups is 2. The van der Waals surface area contributed by atoms with E-state index in [4.69, 9.17) is 4.74 Å². The molecule has 3 N–H and O–H groups in total. The molecular weight excluding hydrogens is 612 g/mol. The summed E-state index contributed by atoms with van der Waals surface area (Å²) in [7, 11) is -1.16. The van der Waals surface area contributed by atoms with E-state index < -0.39 is 22.0 Å². The van der Waals surface area contributed by atoms with Gasteiger partial charge in [-0.25, -0.2) is 13.2 Å². The smallest absolute Gasteiger partial charge is 0.404 e. The third-order valence-electron chi connectivity index (χ3n) is 8.92. The summed E-state index contributed by atoms with van der Waals surface area (Å²) in [6.07, 6.45) is 3.15. The largest absolute Gasteiger partial charge is 0.413 e. The fourth-order valence-corrected chi connectivity index (χ4v) is 7.21. The van der Waals surface area contributed by atoms with Crippen LogP contribution in [0.25, 0.3) is 10.9 Å². The molecule has 4 rings (SSSR count). The van der Waals surface area contributed by atoms with Crippen LogP contribution in [0.3, 0.4) is 0 Å². The van der Waals surface area contributed by atoms with Crippen LogP contribution in [0.1, 0.15) is 52.5 Å². The first-order chi connectivity index (χ1) is 21.7. The maximum atomic E-state index is 13.2. The van der Waals surface area contributed by atoms with E-state index in [1.54, 1.807) is 15.5 Å². The highest BCUT2D eigenvalue weighted by molar-refractivity contribution is 7.90. The van der Waals surface area contributed by atoms with E-state index in [9.17, 15) is 27.9 Å². The van der Waals surface area contributed by atoms with Crippen LogP contribution >= 0.6 is 0 Å². The standard InChI is InChI=1S/C32H50N6O7S/c1-22(2)38-29-9-7-6-8-24(29)16-30(31(38)41)45-32(42)34-25-17-26-10-11-27(18-25)37(26)20-28(40)19-36(23(3)39)15-14-35(4)13-12-33-21-46(5,43)44/h6-9,16,22,25-28,33,40H,10-15,17-21H2,1-5H3,(H,34,42)/t25?,26-,27+,28?. The number of para-hydroxylation sites is 1. The highest BCUT2D eigenvalue weighted by Gasteiger charge is 2.42. The van der Waals surface area contributed by atoms with Crippen molar-refractivity contribution in [1.82, 2.24) is 29.9 Å². The van der Waals surface area contributed by atoms with Crippen molar-refractivity contribution < 1.29 is 27.9 Å². The van der Waals surface area contributed by atoms with Crippen molar-refractivity contribution >= 4 is 32.7 Å². The van der Waals surface area contributed by atoms with Gasteiger partial charge in [-0.3, -0.25) is 14.5 Å². The molecule has 2 aliphatic heterocycles. The summed E-state index contributed by atoms with van der Waals surface area (Å²) in [4.78, 5) is 44.4. The van der Waals surface area contributed by atoms with Crippen molar-refractivity contribution in [2.24, 2.45) is 0 Å². The summed E-state index contributed by atoms with van der Waals surface area (Å²) < 4.78 is 29.7. The molecule has 2 aromatic rings. The second-order valence-electron chi connectivity index (χ2n) is 13.1. The number of aromatic nitrogens is 1. The number of sulfone groups is 1. The zero-order valence-corrected chi connectivity index (χ0v) is 28.5. The van der Waals surface area contributed by atoms with Crippen LogP contribution < -0.4 is 20.9 Å². The summed E-state index contributed by atoms with van der Waals surface area (Å²) in [5.74, 6) is -0.185. The molecule has 1 aromatic carbocycles. The SMILES string of the molecule is CC(=O)N(CCN(C)CCNCS(C)(=O)=O)CC(O)CN1[C@@H]2CC[C@H]1CC(NC(=O)Oc1cc3ccccc3n(C(C)C)c1=O)C2. The summed E-state index contributed by atoms with van der Waals surface area (Å²) >= 11 is 0. The van der Waals surface area contributed by atoms with Gasteiger partial charge in [-0.15, -0.1) is 0 Å². The molecule has 0 aliphatic carbocycles. The minimum atomic E-state index is -3.07. The van der Waals surface area contributed by atoms with Crippen LogP contribution in [-0.4, -0.2) is 127 Å². The molecule has 3 heterocycles. The summed E-state index contributed by atoms with van der Waals surface area (Å²) in [5, 5.41) is 17.7. The van der Waals surface area contributed by atoms with Gasteiger partial charge in [-0.2, -0.15) is 0 Å². The number of amides is 2. The average molecular weight is 663 g/mol. The lowest BCUT2D eigenvalue weighted by molar-refractivity contribution is -0.130. The van der Waals surface area contributed by atoms with Crippen LogP contribution in [0.15, 0.2) is 35.1 Å². The molecule has 13 nitrogen and oxygen atoms in total. The van der Waals surface area contributed by atoms with Crippen LogP contribution in [0.5, 0.6) is 5.75 Å². The minimum absolute atomic E-state index is 0.00161. The van der Waals surface area contributed by atoms with Crippen molar-refractivity contribution in [3.63, 3.8) is 0 Å². The molecule has 2 amide bonds. The van der Waals surface area contributed by atoms with Crippen molar-refractivity contribution in [2.45, 2.75) is 76.7 Å². The predicted molar refractivity (Wildman–Crippen MR) is 178 cm³/mol. The highest BCUT2D eigenvalue weighted by Crippen LogP contribution is 2.36. The number of benzene rings is 1. The van der Waals surface area contributed by atoms with Gasteiger partial charge in [-0.05, 0) is 58.7 Å². The number of nitrogens with one attached hydrogen (secondary N) is 2. The molecule has 2 fully saturated rings. The lowest BCUT2D eigenvalue weighted by atomic mass is 9.97. The van der Waals surface area contributed by atoms with Gasteiger partial charge in [0.25, 0.3) is 5.56 Å². The molecule has 1 aromatic heterocycles. The Morgan fingerprint density at radius 2 is 1.78 bits per heavy atom. The fourth-order valence-electron chi connectivity index (χ4n) is 6.70. The van der Waals surface area contributed by atoms with Gasteiger partial charge in [0.15, 0.2) is 15.6 Å². The Labute approximate surface area is 271 Å². The first-order valence-electron chi connectivity index (χ1n) is 16.1. The quantitative estimate of drug-likeness (QED) is 0.239. The number of aliphatic hydroxyl groups is 1. The predicted octanol–water partition coefficient (Wildman–Crippen LogP) is 1.40. The van der Waals surface area contributed by atoms with Crippen LogP contribution in [-0.2, 0) is 14.6 Å². The molecule has 256 valence electrons. The molecule has 2 saturated heterocycles. The Kier molecular flexibility index (Phi) is 12.2. The molecule has 0 radical (unpaired) electrons. The van der Waals surface area contributed by atoms with E-state index in [1.165, 1.54) is 13.2 Å². The van der Waals surface area contributed by atoms with E-state index in [0.29, 0.717) is 45.6 Å². The number of piperidine rings is 1. The summed E-state index contributed by atoms with van der Waals surface area (Å²) in [6, 6.07) is 9.30. The van der Waals surface area contributed by atoms with Crippen LogP contribution in [0, 0.1) is 0 Å². The number of ether oxygens (including phenoxy) is 1. The average Bonchev–Trinajstić information content (AvgIpc) is 3.19. The van der Waals surface area contributed by atoms with Crippen LogP contribution in [0.2, 0.25) is 0 Å². The molecule has 2 bridgehead atoms. The number of nitrogens with zero attached hydrogens (tertiary/aromatic N) is 4. The topological polar surface area (TPSA) is 154 Å². The zero-order valence-electron chi connectivity index (χ0n) is 27.6. The first kappa shape index (κ1) is 35.8. The zero-order chi connectivity index (χ0) is 33.6. The lowest BCUT2D eigenvalue weighted by Crippen LogP contribution is -2.54.